The average molecular weight is 608 g/mol. The van der Waals surface area contributed by atoms with E-state index in [-0.39, 0.29) is 29.3 Å². The van der Waals surface area contributed by atoms with Gasteiger partial charge >= 0.3 is 12.2 Å². The molecule has 0 saturated heterocycles. The lowest BCUT2D eigenvalue weighted by atomic mass is 9.76. The lowest BCUT2D eigenvalue weighted by Gasteiger charge is -2.35. The normalized spacial score (nSPS) is 19.0. The van der Waals surface area contributed by atoms with E-state index in [4.69, 9.17) is 13.9 Å². The van der Waals surface area contributed by atoms with Gasteiger partial charge in [0.05, 0.1) is 11.9 Å². The highest BCUT2D eigenvalue weighted by Crippen LogP contribution is 2.40. The van der Waals surface area contributed by atoms with E-state index in [0.717, 1.165) is 24.0 Å². The highest BCUT2D eigenvalue weighted by atomic mass is 16.6. The smallest absolute Gasteiger partial charge is 0.414 e. The molecular formula is C33H45N5O6. The van der Waals surface area contributed by atoms with Gasteiger partial charge in [-0.1, -0.05) is 20.8 Å². The van der Waals surface area contributed by atoms with Crippen LogP contribution in [0.1, 0.15) is 115 Å². The van der Waals surface area contributed by atoms with Gasteiger partial charge in [0, 0.05) is 18.4 Å². The lowest BCUT2D eigenvalue weighted by Crippen LogP contribution is -2.42. The summed E-state index contributed by atoms with van der Waals surface area (Å²) in [7, 11) is 0. The van der Waals surface area contributed by atoms with Crippen LogP contribution in [-0.4, -0.2) is 45.3 Å². The Balaban J connectivity index is 1.63. The highest BCUT2D eigenvalue weighted by molar-refractivity contribution is 6.16. The summed E-state index contributed by atoms with van der Waals surface area (Å²) in [5, 5.41) is 8.62. The monoisotopic (exact) mass is 607 g/mol. The molecule has 3 aromatic heterocycles. The summed E-state index contributed by atoms with van der Waals surface area (Å²) < 4.78 is 16.9. The molecule has 3 amide bonds. The van der Waals surface area contributed by atoms with Gasteiger partial charge in [0.15, 0.2) is 5.58 Å². The molecule has 1 saturated carbocycles. The molecule has 44 heavy (non-hydrogen) atoms. The van der Waals surface area contributed by atoms with Gasteiger partial charge < -0.3 is 24.5 Å². The quantitative estimate of drug-likeness (QED) is 0.258. The van der Waals surface area contributed by atoms with E-state index in [0.29, 0.717) is 29.1 Å². The van der Waals surface area contributed by atoms with E-state index in [1.807, 2.05) is 46.8 Å². The molecular weight excluding hydrogens is 562 g/mol. The maximum atomic E-state index is 13.9. The first-order chi connectivity index (χ1) is 20.5. The van der Waals surface area contributed by atoms with Crippen molar-refractivity contribution in [2.24, 2.45) is 5.92 Å². The molecule has 238 valence electrons. The topological polar surface area (TPSA) is 145 Å². The zero-order valence-electron chi connectivity index (χ0n) is 27.2. The first-order valence-corrected chi connectivity index (χ1v) is 15.2. The van der Waals surface area contributed by atoms with E-state index >= 15 is 0 Å². The van der Waals surface area contributed by atoms with Crippen molar-refractivity contribution in [2.45, 2.75) is 111 Å². The third-order valence-corrected chi connectivity index (χ3v) is 7.26. The van der Waals surface area contributed by atoms with Crippen LogP contribution >= 0.6 is 0 Å². The number of ether oxygens (including phenoxy) is 2. The molecule has 1 aliphatic rings. The molecule has 0 radical (unpaired) electrons. The number of hydrogen-bond acceptors (Lipinski definition) is 8. The summed E-state index contributed by atoms with van der Waals surface area (Å²) in [6.45, 7) is 17.0. The molecule has 0 aliphatic heterocycles. The molecule has 0 bridgehead atoms. The van der Waals surface area contributed by atoms with Crippen LogP contribution in [0.3, 0.4) is 0 Å². The number of anilines is 2. The fourth-order valence-electron chi connectivity index (χ4n) is 5.50. The van der Waals surface area contributed by atoms with Gasteiger partial charge in [-0.3, -0.25) is 20.1 Å². The zero-order chi connectivity index (χ0) is 32.4. The average Bonchev–Trinajstić information content (AvgIpc) is 3.23. The third-order valence-electron chi connectivity index (χ3n) is 7.26. The Labute approximate surface area is 258 Å². The molecule has 3 atom stereocenters. The predicted octanol–water partition coefficient (Wildman–Crippen LogP) is 7.74. The summed E-state index contributed by atoms with van der Waals surface area (Å²) in [6, 6.07) is 3.63. The first-order valence-electron chi connectivity index (χ1n) is 15.2. The van der Waals surface area contributed by atoms with Gasteiger partial charge in [0.1, 0.15) is 22.3 Å². The van der Waals surface area contributed by atoms with Crippen LogP contribution in [0.2, 0.25) is 0 Å². The molecule has 1 aliphatic carbocycles. The number of nitrogens with zero attached hydrogens (tertiary/aromatic N) is 2. The maximum Gasteiger partial charge on any atom is 0.414 e. The summed E-state index contributed by atoms with van der Waals surface area (Å²) in [5.41, 5.74) is 1.79. The van der Waals surface area contributed by atoms with E-state index in [9.17, 15) is 14.4 Å². The van der Waals surface area contributed by atoms with Gasteiger partial charge in [0.25, 0.3) is 5.91 Å². The van der Waals surface area contributed by atoms with Crippen LogP contribution < -0.4 is 16.0 Å². The van der Waals surface area contributed by atoms with E-state index < -0.39 is 29.3 Å². The summed E-state index contributed by atoms with van der Waals surface area (Å²) in [6.07, 6.45) is 6.18. The third kappa shape index (κ3) is 8.48. The number of furan rings is 1. The Bertz CT molecular complexity index is 1520. The Morgan fingerprint density at radius 1 is 0.955 bits per heavy atom. The number of pyridine rings is 2. The second-order valence-electron chi connectivity index (χ2n) is 14.0. The van der Waals surface area contributed by atoms with Crippen molar-refractivity contribution in [1.82, 2.24) is 15.3 Å². The van der Waals surface area contributed by atoms with Crippen molar-refractivity contribution in [3.05, 3.63) is 47.4 Å². The van der Waals surface area contributed by atoms with Crippen LogP contribution in [0.5, 0.6) is 0 Å². The van der Waals surface area contributed by atoms with Crippen molar-refractivity contribution in [2.75, 3.05) is 10.6 Å². The van der Waals surface area contributed by atoms with Crippen molar-refractivity contribution >= 4 is 40.8 Å². The van der Waals surface area contributed by atoms with Crippen LogP contribution in [0.25, 0.3) is 11.1 Å². The second-order valence-corrected chi connectivity index (χ2v) is 14.0. The molecule has 3 heterocycles. The molecule has 3 N–H and O–H groups in total. The predicted molar refractivity (Wildman–Crippen MR) is 169 cm³/mol. The van der Waals surface area contributed by atoms with Crippen LogP contribution in [-0.2, 0) is 9.47 Å². The summed E-state index contributed by atoms with van der Waals surface area (Å²) >= 11 is 0. The fraction of sp³-hybridized carbons (Fsp3) is 0.545. The number of carbonyl (C=O) groups is 3. The standard InChI is InChI=1S/C33H45N5O6/c1-18(2)21-15-25-27(35-16-21)26(29(42-25)38-31(41)44-33(7,8)9)28(39)37-24-17-34-11-10-23(24)20-12-19(3)13-22(14-20)36-30(40)43-32(4,5)6/h10-11,15-20,22H,12-14H2,1-9H3,(H,36,40)(H,37,39)(H,38,41)/t19-,20?,22-/m0/s1. The molecule has 0 spiro atoms. The van der Waals surface area contributed by atoms with E-state index in [2.05, 4.69) is 32.8 Å². The number of aromatic nitrogens is 2. The van der Waals surface area contributed by atoms with Gasteiger partial charge in [-0.25, -0.2) is 9.59 Å². The SMILES string of the molecule is CC(C)c1cnc2c(C(=O)Nc3cnccc3C3C[C@H](C)C[C@H](NC(=O)OC(C)(C)C)C3)c(NC(=O)OC(C)(C)C)oc2c1. The number of alkyl carbamates (subject to hydrolysis) is 1. The van der Waals surface area contributed by atoms with Crippen molar-refractivity contribution in [3.63, 3.8) is 0 Å². The molecule has 0 aromatic carbocycles. The van der Waals surface area contributed by atoms with Gasteiger partial charge in [-0.05, 0) is 102 Å². The Kier molecular flexibility index (Phi) is 9.56. The minimum atomic E-state index is -0.753. The Morgan fingerprint density at radius 3 is 2.30 bits per heavy atom. The van der Waals surface area contributed by atoms with Gasteiger partial charge in [-0.2, -0.15) is 0 Å². The number of rotatable bonds is 6. The lowest BCUT2D eigenvalue weighted by molar-refractivity contribution is 0.0481. The fourth-order valence-corrected chi connectivity index (χ4v) is 5.50. The Hall–Kier alpha value is -4.15. The zero-order valence-corrected chi connectivity index (χ0v) is 27.2. The van der Waals surface area contributed by atoms with E-state index in [1.165, 1.54) is 0 Å². The molecule has 1 fully saturated rings. The van der Waals surface area contributed by atoms with Crippen molar-refractivity contribution in [1.29, 1.82) is 0 Å². The van der Waals surface area contributed by atoms with Crippen LogP contribution in [0, 0.1) is 5.92 Å². The second kappa shape index (κ2) is 12.8. The number of fused-ring (bicyclic) bond motifs is 1. The summed E-state index contributed by atoms with van der Waals surface area (Å²) in [4.78, 5) is 48.0. The van der Waals surface area contributed by atoms with Crippen molar-refractivity contribution < 1.29 is 28.3 Å². The highest BCUT2D eigenvalue weighted by Gasteiger charge is 2.32. The maximum absolute atomic E-state index is 13.9. The number of hydrogen-bond donors (Lipinski definition) is 3. The minimum Gasteiger partial charge on any atom is -0.444 e. The van der Waals surface area contributed by atoms with Crippen molar-refractivity contribution in [3.8, 4) is 0 Å². The minimum absolute atomic E-state index is 0.0455. The largest absolute Gasteiger partial charge is 0.444 e. The Morgan fingerprint density at radius 2 is 1.64 bits per heavy atom. The molecule has 1 unspecified atom stereocenters. The molecule has 11 nitrogen and oxygen atoms in total. The van der Waals surface area contributed by atoms with Gasteiger partial charge in [0.2, 0.25) is 5.88 Å². The van der Waals surface area contributed by atoms with Gasteiger partial charge in [-0.15, -0.1) is 0 Å². The number of carbonyl (C=O) groups excluding carboxylic acids is 3. The summed E-state index contributed by atoms with van der Waals surface area (Å²) in [5.74, 6) is -0.0166. The molecule has 3 aromatic rings. The number of amides is 3. The van der Waals surface area contributed by atoms with Crippen LogP contribution in [0.4, 0.5) is 21.2 Å². The molecule has 4 rings (SSSR count). The van der Waals surface area contributed by atoms with Crippen LogP contribution in [0.15, 0.2) is 35.1 Å². The number of nitrogens with one attached hydrogen (secondary N) is 3. The first kappa shape index (κ1) is 32.8. The molecule has 11 heteroatoms. The van der Waals surface area contributed by atoms with E-state index in [1.54, 1.807) is 39.4 Å².